The van der Waals surface area contributed by atoms with Gasteiger partial charge in [0.15, 0.2) is 0 Å². The third kappa shape index (κ3) is 4.00. The minimum Gasteiger partial charge on any atom is -0.496 e. The average Bonchev–Trinajstić information content (AvgIpc) is 3.10. The van der Waals surface area contributed by atoms with Crippen molar-refractivity contribution in [2.75, 3.05) is 14.2 Å². The van der Waals surface area contributed by atoms with E-state index in [4.69, 9.17) is 20.9 Å². The van der Waals surface area contributed by atoms with Gasteiger partial charge >= 0.3 is 0 Å². The molecule has 3 rings (SSSR count). The summed E-state index contributed by atoms with van der Waals surface area (Å²) in [4.78, 5) is 6.61. The molecule has 0 saturated carbocycles. The van der Waals surface area contributed by atoms with Crippen LogP contribution in [0.5, 0.6) is 5.75 Å². The quantitative estimate of drug-likeness (QED) is 0.645. The smallest absolute Gasteiger partial charge is 0.241 e. The molecular formula is C19H20ClN3O2. The summed E-state index contributed by atoms with van der Waals surface area (Å²) in [6.45, 7) is 2.66. The van der Waals surface area contributed by atoms with Gasteiger partial charge < -0.3 is 9.26 Å². The lowest BCUT2D eigenvalue weighted by Gasteiger charge is -2.24. The van der Waals surface area contributed by atoms with Crippen LogP contribution >= 0.6 is 11.6 Å². The Morgan fingerprint density at radius 1 is 1.16 bits per heavy atom. The van der Waals surface area contributed by atoms with Gasteiger partial charge in [0.2, 0.25) is 11.7 Å². The van der Waals surface area contributed by atoms with Gasteiger partial charge in [-0.05, 0) is 44.3 Å². The first-order valence-electron chi connectivity index (χ1n) is 8.00. The highest BCUT2D eigenvalue weighted by Gasteiger charge is 2.18. The van der Waals surface area contributed by atoms with Crippen LogP contribution in [0.25, 0.3) is 11.4 Å². The Hall–Kier alpha value is -2.37. The Kier molecular flexibility index (Phi) is 5.36. The summed E-state index contributed by atoms with van der Waals surface area (Å²) in [6, 6.07) is 15.5. The second kappa shape index (κ2) is 7.68. The Balaban J connectivity index is 1.73. The molecule has 6 heteroatoms. The number of rotatable bonds is 6. The molecule has 0 N–H and O–H groups in total. The summed E-state index contributed by atoms with van der Waals surface area (Å²) < 4.78 is 10.8. The SMILES string of the molecule is COc1ccccc1C(C)N(C)Cc1nc(-c2ccc(Cl)cc2)no1. The minimum atomic E-state index is 0.141. The molecule has 0 aliphatic carbocycles. The summed E-state index contributed by atoms with van der Waals surface area (Å²) in [5.74, 6) is 1.99. The van der Waals surface area contributed by atoms with Gasteiger partial charge in [0, 0.05) is 22.2 Å². The van der Waals surface area contributed by atoms with E-state index in [-0.39, 0.29) is 6.04 Å². The van der Waals surface area contributed by atoms with Crippen molar-refractivity contribution < 1.29 is 9.26 Å². The Labute approximate surface area is 152 Å². The molecule has 1 heterocycles. The molecule has 25 heavy (non-hydrogen) atoms. The molecule has 0 fully saturated rings. The molecule has 1 unspecified atom stereocenters. The maximum Gasteiger partial charge on any atom is 0.241 e. The number of para-hydroxylation sites is 1. The van der Waals surface area contributed by atoms with Crippen LogP contribution in [0.1, 0.15) is 24.4 Å². The summed E-state index contributed by atoms with van der Waals surface area (Å²) in [5, 5.41) is 4.73. The molecule has 0 saturated heterocycles. The van der Waals surface area contributed by atoms with Crippen molar-refractivity contribution in [2.24, 2.45) is 0 Å². The predicted molar refractivity (Wildman–Crippen MR) is 97.6 cm³/mol. The first-order chi connectivity index (χ1) is 12.1. The lowest BCUT2D eigenvalue weighted by atomic mass is 10.1. The fourth-order valence-corrected chi connectivity index (χ4v) is 2.76. The standard InChI is InChI=1S/C19H20ClN3O2/c1-13(16-6-4-5-7-17(16)24-3)23(2)12-18-21-19(22-25-18)14-8-10-15(20)11-9-14/h4-11,13H,12H2,1-3H3. The number of hydrogen-bond donors (Lipinski definition) is 0. The number of nitrogens with zero attached hydrogens (tertiary/aromatic N) is 3. The normalized spacial score (nSPS) is 12.4. The fraction of sp³-hybridized carbons (Fsp3) is 0.263. The Morgan fingerprint density at radius 3 is 2.60 bits per heavy atom. The van der Waals surface area contributed by atoms with Crippen LogP contribution in [0.3, 0.4) is 0 Å². The third-order valence-corrected chi connectivity index (χ3v) is 4.46. The van der Waals surface area contributed by atoms with Crippen molar-refractivity contribution in [3.05, 3.63) is 65.0 Å². The molecule has 1 aromatic heterocycles. The van der Waals surface area contributed by atoms with Crippen molar-refractivity contribution in [1.82, 2.24) is 15.0 Å². The maximum absolute atomic E-state index is 5.91. The van der Waals surface area contributed by atoms with E-state index in [0.717, 1.165) is 16.9 Å². The van der Waals surface area contributed by atoms with Crippen molar-refractivity contribution in [2.45, 2.75) is 19.5 Å². The highest BCUT2D eigenvalue weighted by molar-refractivity contribution is 6.30. The molecule has 0 spiro atoms. The lowest BCUT2D eigenvalue weighted by Crippen LogP contribution is -2.22. The van der Waals surface area contributed by atoms with Gasteiger partial charge in [-0.25, -0.2) is 0 Å². The fourth-order valence-electron chi connectivity index (χ4n) is 2.63. The second-order valence-corrected chi connectivity index (χ2v) is 6.29. The highest BCUT2D eigenvalue weighted by Crippen LogP contribution is 2.29. The number of ether oxygens (including phenoxy) is 1. The second-order valence-electron chi connectivity index (χ2n) is 5.85. The van der Waals surface area contributed by atoms with Crippen LogP contribution in [0, 0.1) is 0 Å². The lowest BCUT2D eigenvalue weighted by molar-refractivity contribution is 0.213. The summed E-state index contributed by atoms with van der Waals surface area (Å²) in [6.07, 6.45) is 0. The van der Waals surface area contributed by atoms with Crippen molar-refractivity contribution in [1.29, 1.82) is 0 Å². The van der Waals surface area contributed by atoms with Gasteiger partial charge in [0.05, 0.1) is 13.7 Å². The van der Waals surface area contributed by atoms with Crippen LogP contribution < -0.4 is 4.74 Å². The van der Waals surface area contributed by atoms with Gasteiger partial charge in [0.1, 0.15) is 5.75 Å². The monoisotopic (exact) mass is 357 g/mol. The molecule has 2 aromatic carbocycles. The molecule has 130 valence electrons. The number of benzene rings is 2. The van der Waals surface area contributed by atoms with E-state index in [1.807, 2.05) is 49.5 Å². The predicted octanol–water partition coefficient (Wildman–Crippen LogP) is 4.59. The van der Waals surface area contributed by atoms with Crippen LogP contribution in [-0.2, 0) is 6.54 Å². The molecule has 1 atom stereocenters. The number of halogens is 1. The van der Waals surface area contributed by atoms with E-state index in [9.17, 15) is 0 Å². The largest absolute Gasteiger partial charge is 0.496 e. The first kappa shape index (κ1) is 17.5. The van der Waals surface area contributed by atoms with Crippen LogP contribution in [0.2, 0.25) is 5.02 Å². The van der Waals surface area contributed by atoms with Crippen LogP contribution in [0.15, 0.2) is 53.1 Å². The van der Waals surface area contributed by atoms with E-state index in [1.54, 1.807) is 7.11 Å². The number of hydrogen-bond acceptors (Lipinski definition) is 5. The van der Waals surface area contributed by atoms with Gasteiger partial charge in [-0.1, -0.05) is 35.0 Å². The van der Waals surface area contributed by atoms with E-state index in [1.165, 1.54) is 0 Å². The van der Waals surface area contributed by atoms with E-state index < -0.39 is 0 Å². The van der Waals surface area contributed by atoms with Gasteiger partial charge in [-0.3, -0.25) is 4.90 Å². The van der Waals surface area contributed by atoms with Crippen LogP contribution in [0.4, 0.5) is 0 Å². The van der Waals surface area contributed by atoms with Gasteiger partial charge in [-0.2, -0.15) is 4.98 Å². The van der Waals surface area contributed by atoms with E-state index in [0.29, 0.717) is 23.3 Å². The Bertz CT molecular complexity index is 833. The maximum atomic E-state index is 5.91. The molecule has 0 amide bonds. The number of methoxy groups -OCH3 is 1. The highest BCUT2D eigenvalue weighted by atomic mass is 35.5. The number of aromatic nitrogens is 2. The molecule has 5 nitrogen and oxygen atoms in total. The summed E-state index contributed by atoms with van der Waals surface area (Å²) in [7, 11) is 3.70. The van der Waals surface area contributed by atoms with Crippen molar-refractivity contribution >= 4 is 11.6 Å². The third-order valence-electron chi connectivity index (χ3n) is 4.21. The van der Waals surface area contributed by atoms with E-state index >= 15 is 0 Å². The topological polar surface area (TPSA) is 51.4 Å². The first-order valence-corrected chi connectivity index (χ1v) is 8.38. The van der Waals surface area contributed by atoms with Crippen molar-refractivity contribution in [3.8, 4) is 17.1 Å². The zero-order valence-electron chi connectivity index (χ0n) is 14.4. The summed E-state index contributed by atoms with van der Waals surface area (Å²) in [5.41, 5.74) is 1.99. The zero-order valence-corrected chi connectivity index (χ0v) is 15.2. The molecule has 0 radical (unpaired) electrons. The van der Waals surface area contributed by atoms with Gasteiger partial charge in [0.25, 0.3) is 0 Å². The molecule has 0 bridgehead atoms. The molecular weight excluding hydrogens is 338 g/mol. The molecule has 0 aliphatic rings. The average molecular weight is 358 g/mol. The Morgan fingerprint density at radius 2 is 1.88 bits per heavy atom. The molecule has 3 aromatic rings. The van der Waals surface area contributed by atoms with E-state index in [2.05, 4.69) is 28.0 Å². The van der Waals surface area contributed by atoms with Crippen molar-refractivity contribution in [3.63, 3.8) is 0 Å². The minimum absolute atomic E-state index is 0.141. The van der Waals surface area contributed by atoms with Gasteiger partial charge in [-0.15, -0.1) is 0 Å². The zero-order chi connectivity index (χ0) is 17.8. The van der Waals surface area contributed by atoms with Crippen LogP contribution in [-0.4, -0.2) is 29.2 Å². The molecule has 0 aliphatic heterocycles. The summed E-state index contributed by atoms with van der Waals surface area (Å²) >= 11 is 5.91.